The smallest absolute Gasteiger partial charge is 0.337 e. The molecular weight excluding hydrogens is 606 g/mol. The zero-order valence-corrected chi connectivity index (χ0v) is 26.2. The molecular formula is C39H35N3O6. The van der Waals surface area contributed by atoms with Gasteiger partial charge in [-0.25, -0.2) is 4.79 Å². The van der Waals surface area contributed by atoms with Crippen molar-refractivity contribution in [1.82, 2.24) is 10.3 Å². The molecule has 0 spiro atoms. The lowest BCUT2D eigenvalue weighted by Crippen LogP contribution is -2.40. The molecule has 1 aliphatic rings. The second-order valence-corrected chi connectivity index (χ2v) is 11.6. The zero-order valence-electron chi connectivity index (χ0n) is 26.2. The van der Waals surface area contributed by atoms with Crippen LogP contribution in [0.15, 0.2) is 121 Å². The molecule has 1 aliphatic carbocycles. The summed E-state index contributed by atoms with van der Waals surface area (Å²) in [6.45, 7) is 0. The van der Waals surface area contributed by atoms with Gasteiger partial charge in [-0.1, -0.05) is 42.5 Å². The number of pyridine rings is 1. The van der Waals surface area contributed by atoms with Crippen molar-refractivity contribution in [2.75, 3.05) is 5.32 Å². The maximum atomic E-state index is 13.2. The van der Waals surface area contributed by atoms with E-state index < -0.39 is 11.9 Å². The molecule has 0 atom stereocenters. The highest BCUT2D eigenvalue weighted by molar-refractivity contribution is 6.07. The summed E-state index contributed by atoms with van der Waals surface area (Å²) in [5.74, 6) is 0.274. The van der Waals surface area contributed by atoms with Gasteiger partial charge in [0, 0.05) is 24.2 Å². The third kappa shape index (κ3) is 8.24. The highest BCUT2D eigenvalue weighted by atomic mass is 16.5. The number of ether oxygens (including phenoxy) is 2. The summed E-state index contributed by atoms with van der Waals surface area (Å²) in [6.07, 6.45) is 5.69. The van der Waals surface area contributed by atoms with Gasteiger partial charge in [-0.05, 0) is 104 Å². The number of nitrogens with one attached hydrogen (secondary N) is 2. The number of carboxylic acids is 1. The van der Waals surface area contributed by atoms with E-state index in [-0.39, 0.29) is 29.3 Å². The largest absolute Gasteiger partial charge is 0.490 e. The third-order valence-electron chi connectivity index (χ3n) is 8.24. The van der Waals surface area contributed by atoms with Gasteiger partial charge in [0.05, 0.1) is 28.6 Å². The molecule has 1 saturated carbocycles. The maximum Gasteiger partial charge on any atom is 0.337 e. The van der Waals surface area contributed by atoms with Crippen molar-refractivity contribution >= 4 is 23.5 Å². The van der Waals surface area contributed by atoms with Crippen LogP contribution in [0.2, 0.25) is 0 Å². The van der Waals surface area contributed by atoms with Gasteiger partial charge in [0.2, 0.25) is 0 Å². The number of benzene rings is 4. The first-order chi connectivity index (χ1) is 23.4. The van der Waals surface area contributed by atoms with E-state index in [0.717, 1.165) is 42.7 Å². The molecule has 2 amide bonds. The van der Waals surface area contributed by atoms with E-state index in [2.05, 4.69) is 15.6 Å². The van der Waals surface area contributed by atoms with Gasteiger partial charge >= 0.3 is 5.97 Å². The number of hydrogen-bond donors (Lipinski definition) is 3. The van der Waals surface area contributed by atoms with E-state index in [1.165, 1.54) is 6.07 Å². The van der Waals surface area contributed by atoms with Gasteiger partial charge in [0.15, 0.2) is 0 Å². The van der Waals surface area contributed by atoms with Gasteiger partial charge < -0.3 is 25.2 Å². The molecule has 48 heavy (non-hydrogen) atoms. The van der Waals surface area contributed by atoms with Gasteiger partial charge in [0.1, 0.15) is 17.2 Å². The number of amides is 2. The van der Waals surface area contributed by atoms with Gasteiger partial charge in [0.25, 0.3) is 11.8 Å². The summed E-state index contributed by atoms with van der Waals surface area (Å²) in [5.41, 5.74) is 3.11. The lowest BCUT2D eigenvalue weighted by atomic mass is 9.92. The number of carbonyl (C=O) groups is 3. The molecule has 0 bridgehead atoms. The van der Waals surface area contributed by atoms with Gasteiger partial charge in [-0.3, -0.25) is 14.6 Å². The summed E-state index contributed by atoms with van der Waals surface area (Å²) in [4.78, 5) is 41.8. The average Bonchev–Trinajstić information content (AvgIpc) is 3.11. The Morgan fingerprint density at radius 2 is 1.31 bits per heavy atom. The van der Waals surface area contributed by atoms with Crippen LogP contribution in [0.5, 0.6) is 17.2 Å². The SMILES string of the molecule is O=C(Nc1ccccc1C(=O)O)c1ccc(Oc2ccc(OC3CCC(NC(=O)c4cccnc4Cc4ccccc4)CC3)cc2)cc1. The zero-order chi connectivity index (χ0) is 33.3. The maximum absolute atomic E-state index is 13.2. The lowest BCUT2D eigenvalue weighted by Gasteiger charge is -2.29. The molecule has 242 valence electrons. The summed E-state index contributed by atoms with van der Waals surface area (Å²) < 4.78 is 12.2. The molecule has 4 aromatic carbocycles. The van der Waals surface area contributed by atoms with Crippen LogP contribution in [-0.2, 0) is 6.42 Å². The molecule has 9 nitrogen and oxygen atoms in total. The van der Waals surface area contributed by atoms with Gasteiger partial charge in [-0.15, -0.1) is 0 Å². The first kappa shape index (κ1) is 32.0. The number of aromatic nitrogens is 1. The third-order valence-corrected chi connectivity index (χ3v) is 8.24. The molecule has 3 N–H and O–H groups in total. The summed E-state index contributed by atoms with van der Waals surface area (Å²) in [6, 6.07) is 33.9. The van der Waals surface area contributed by atoms with E-state index in [1.807, 2.05) is 60.7 Å². The predicted molar refractivity (Wildman–Crippen MR) is 182 cm³/mol. The molecule has 0 aliphatic heterocycles. The number of nitrogens with zero attached hydrogens (tertiary/aromatic N) is 1. The van der Waals surface area contributed by atoms with Crippen LogP contribution >= 0.6 is 0 Å². The molecule has 0 radical (unpaired) electrons. The van der Waals surface area contributed by atoms with Crippen LogP contribution in [0.1, 0.15) is 68.0 Å². The van der Waals surface area contributed by atoms with Crippen LogP contribution < -0.4 is 20.1 Å². The standard InChI is InChI=1S/C39H35N3O6/c43-37(42-35-11-5-4-9-34(35)39(45)46)27-12-16-29(17-13-27)47-31-20-22-32(23-21-31)48-30-18-14-28(15-19-30)41-38(44)33-10-6-24-40-36(33)25-26-7-2-1-3-8-26/h1-13,16-17,20-24,28,30H,14-15,18-19,25H2,(H,41,44)(H,42,43)(H,45,46). The van der Waals surface area contributed by atoms with Gasteiger partial charge in [-0.2, -0.15) is 0 Å². The molecule has 9 heteroatoms. The van der Waals surface area contributed by atoms with Crippen molar-refractivity contribution in [3.63, 3.8) is 0 Å². The van der Waals surface area contributed by atoms with Crippen molar-refractivity contribution in [1.29, 1.82) is 0 Å². The monoisotopic (exact) mass is 641 g/mol. The second kappa shape index (κ2) is 15.1. The lowest BCUT2D eigenvalue weighted by molar-refractivity contribution is 0.0697. The van der Waals surface area contributed by atoms with Crippen LogP contribution in [-0.4, -0.2) is 40.0 Å². The highest BCUT2D eigenvalue weighted by Crippen LogP contribution is 2.28. The first-order valence-electron chi connectivity index (χ1n) is 15.9. The minimum absolute atomic E-state index is 0.0181. The minimum atomic E-state index is -1.12. The number of carbonyl (C=O) groups excluding carboxylic acids is 2. The van der Waals surface area contributed by atoms with Crippen molar-refractivity contribution in [3.8, 4) is 17.2 Å². The Labute approximate surface area is 278 Å². The Bertz CT molecular complexity index is 1870. The number of aromatic carboxylic acids is 1. The summed E-state index contributed by atoms with van der Waals surface area (Å²) in [7, 11) is 0. The van der Waals surface area contributed by atoms with Crippen molar-refractivity contribution < 1.29 is 29.0 Å². The van der Waals surface area contributed by atoms with E-state index in [1.54, 1.807) is 54.7 Å². The summed E-state index contributed by atoms with van der Waals surface area (Å²) >= 11 is 0. The van der Waals surface area contributed by atoms with E-state index >= 15 is 0 Å². The van der Waals surface area contributed by atoms with Crippen LogP contribution in [0.3, 0.4) is 0 Å². The van der Waals surface area contributed by atoms with Crippen LogP contribution in [0.25, 0.3) is 0 Å². The molecule has 1 heterocycles. The Kier molecular flexibility index (Phi) is 10.1. The van der Waals surface area contributed by atoms with E-state index in [4.69, 9.17) is 9.47 Å². The first-order valence-corrected chi connectivity index (χ1v) is 15.9. The van der Waals surface area contributed by atoms with Crippen molar-refractivity contribution in [2.45, 2.75) is 44.2 Å². The fourth-order valence-corrected chi connectivity index (χ4v) is 5.73. The van der Waals surface area contributed by atoms with Crippen molar-refractivity contribution in [3.05, 3.63) is 149 Å². The second-order valence-electron chi connectivity index (χ2n) is 11.6. The number of hydrogen-bond acceptors (Lipinski definition) is 6. The highest BCUT2D eigenvalue weighted by Gasteiger charge is 2.25. The van der Waals surface area contributed by atoms with E-state index in [9.17, 15) is 19.5 Å². The molecule has 1 fully saturated rings. The molecule has 5 aromatic rings. The summed E-state index contributed by atoms with van der Waals surface area (Å²) in [5, 5.41) is 15.2. The quantitative estimate of drug-likeness (QED) is 0.136. The number of anilines is 1. The number of para-hydroxylation sites is 1. The van der Waals surface area contributed by atoms with Crippen LogP contribution in [0.4, 0.5) is 5.69 Å². The predicted octanol–water partition coefficient (Wildman–Crippen LogP) is 7.54. The molecule has 0 unspecified atom stereocenters. The Balaban J connectivity index is 0.961. The molecule has 6 rings (SSSR count). The Hall–Kier alpha value is -5.96. The minimum Gasteiger partial charge on any atom is -0.490 e. The normalized spacial score (nSPS) is 15.6. The van der Waals surface area contributed by atoms with E-state index in [0.29, 0.717) is 29.0 Å². The fraction of sp³-hybridized carbons (Fsp3) is 0.179. The average molecular weight is 642 g/mol. The topological polar surface area (TPSA) is 127 Å². The number of rotatable bonds is 11. The molecule has 1 aromatic heterocycles. The Morgan fingerprint density at radius 1 is 0.688 bits per heavy atom. The Morgan fingerprint density at radius 3 is 2.02 bits per heavy atom. The fourth-order valence-electron chi connectivity index (χ4n) is 5.73. The van der Waals surface area contributed by atoms with Crippen LogP contribution in [0, 0.1) is 0 Å². The number of carboxylic acid groups (broad SMARTS) is 1. The van der Waals surface area contributed by atoms with Crippen molar-refractivity contribution in [2.24, 2.45) is 0 Å². The molecule has 0 saturated heterocycles.